The van der Waals surface area contributed by atoms with Crippen molar-refractivity contribution in [2.75, 3.05) is 36.1 Å². The molecule has 5 aliphatic carbocycles. The van der Waals surface area contributed by atoms with E-state index >= 15 is 0 Å². The van der Waals surface area contributed by atoms with E-state index in [-0.39, 0.29) is 5.54 Å². The molecule has 3 N–H and O–H groups in total. The summed E-state index contributed by atoms with van der Waals surface area (Å²) >= 11 is 0. The predicted molar refractivity (Wildman–Crippen MR) is 138 cm³/mol. The van der Waals surface area contributed by atoms with E-state index in [2.05, 4.69) is 27.9 Å². The maximum Gasteiger partial charge on any atom is 0.229 e. The summed E-state index contributed by atoms with van der Waals surface area (Å²) < 4.78 is 0. The second-order valence-corrected chi connectivity index (χ2v) is 12.5. The topological polar surface area (TPSA) is 78.0 Å². The molecule has 1 unspecified atom stereocenters. The molecule has 6 aliphatic rings. The number of hydrogen-bond donors (Lipinski definition) is 3. The molecule has 0 aromatic carbocycles. The van der Waals surface area contributed by atoms with Gasteiger partial charge in [-0.3, -0.25) is 0 Å². The van der Waals surface area contributed by atoms with Crippen LogP contribution in [0, 0.1) is 17.8 Å². The second-order valence-electron chi connectivity index (χ2n) is 12.5. The zero-order valence-electron chi connectivity index (χ0n) is 21.2. The molecule has 1 aliphatic heterocycles. The van der Waals surface area contributed by atoms with E-state index in [9.17, 15) is 0 Å². The van der Waals surface area contributed by atoms with Crippen LogP contribution in [-0.2, 0) is 0 Å². The number of nitrogens with one attached hydrogen (secondary N) is 3. The summed E-state index contributed by atoms with van der Waals surface area (Å²) in [5.41, 5.74) is 0.208. The fourth-order valence-corrected chi connectivity index (χ4v) is 8.38. The average Bonchev–Trinajstić information content (AvgIpc) is 3.02. The Balaban J connectivity index is 1.18. The van der Waals surface area contributed by atoms with Crippen LogP contribution in [0.1, 0.15) is 96.3 Å². The van der Waals surface area contributed by atoms with Gasteiger partial charge < -0.3 is 20.9 Å². The summed E-state index contributed by atoms with van der Waals surface area (Å²) in [6.07, 6.45) is 19.8. The molecule has 4 bridgehead atoms. The first-order valence-corrected chi connectivity index (χ1v) is 14.4. The summed E-state index contributed by atoms with van der Waals surface area (Å²) in [7, 11) is 2.25. The third-order valence-electron chi connectivity index (χ3n) is 9.67. The molecule has 1 saturated heterocycles. The molecule has 188 valence electrons. The number of nitrogens with zero attached hydrogens (tertiary/aromatic N) is 4. The van der Waals surface area contributed by atoms with Crippen molar-refractivity contribution in [1.82, 2.24) is 19.9 Å². The third-order valence-corrected chi connectivity index (χ3v) is 9.67. The Kier molecular flexibility index (Phi) is 6.57. The standard InChI is InChI=1S/C27H45N7/c1-34-12-6-9-23(34)10-11-28-24-30-25(29-22-7-4-2-3-5-8-22)32-26(31-24)33-27-16-19-13-20(17-27)15-21(14-19)18-27/h19-23H,2-18H2,1H3,(H3,28,29,30,31,32,33). The van der Waals surface area contributed by atoms with Crippen LogP contribution in [0.2, 0.25) is 0 Å². The van der Waals surface area contributed by atoms with Crippen LogP contribution < -0.4 is 16.0 Å². The van der Waals surface area contributed by atoms with Crippen molar-refractivity contribution in [3.63, 3.8) is 0 Å². The molecule has 7 heteroatoms. The minimum Gasteiger partial charge on any atom is -0.354 e. The minimum absolute atomic E-state index is 0.208. The summed E-state index contributed by atoms with van der Waals surface area (Å²) in [6, 6.07) is 1.17. The van der Waals surface area contributed by atoms with Crippen LogP contribution >= 0.6 is 0 Å². The lowest BCUT2D eigenvalue weighted by atomic mass is 9.53. The maximum absolute atomic E-state index is 4.94. The Morgan fingerprint density at radius 2 is 1.44 bits per heavy atom. The molecule has 0 amide bonds. The third kappa shape index (κ3) is 5.14. The van der Waals surface area contributed by atoms with Gasteiger partial charge in [-0.1, -0.05) is 25.7 Å². The molecule has 7 rings (SSSR count). The van der Waals surface area contributed by atoms with E-state index in [1.165, 1.54) is 96.4 Å². The van der Waals surface area contributed by atoms with E-state index in [4.69, 9.17) is 15.0 Å². The Morgan fingerprint density at radius 1 is 0.794 bits per heavy atom. The Bertz CT molecular complexity index is 799. The van der Waals surface area contributed by atoms with Crippen LogP contribution in [-0.4, -0.2) is 57.6 Å². The Morgan fingerprint density at radius 3 is 2.09 bits per heavy atom. The molecular formula is C27H45N7. The first-order chi connectivity index (χ1) is 16.6. The highest BCUT2D eigenvalue weighted by Gasteiger charge is 2.51. The predicted octanol–water partition coefficient (Wildman–Crippen LogP) is 5.28. The average molecular weight is 468 g/mol. The van der Waals surface area contributed by atoms with Gasteiger partial charge >= 0.3 is 0 Å². The monoisotopic (exact) mass is 467 g/mol. The van der Waals surface area contributed by atoms with Gasteiger partial charge in [-0.15, -0.1) is 0 Å². The van der Waals surface area contributed by atoms with Gasteiger partial charge in [0.2, 0.25) is 17.8 Å². The van der Waals surface area contributed by atoms with Crippen molar-refractivity contribution in [2.45, 2.75) is 114 Å². The zero-order chi connectivity index (χ0) is 23.0. The first-order valence-electron chi connectivity index (χ1n) is 14.4. The molecule has 5 saturated carbocycles. The fraction of sp³-hybridized carbons (Fsp3) is 0.889. The number of aromatic nitrogens is 3. The summed E-state index contributed by atoms with van der Waals surface area (Å²) in [5, 5.41) is 11.2. The van der Waals surface area contributed by atoms with Crippen LogP contribution in [0.25, 0.3) is 0 Å². The lowest BCUT2D eigenvalue weighted by Gasteiger charge is -2.56. The molecule has 1 atom stereocenters. The van der Waals surface area contributed by atoms with Crippen molar-refractivity contribution in [2.24, 2.45) is 17.8 Å². The molecule has 6 fully saturated rings. The fourth-order valence-electron chi connectivity index (χ4n) is 8.38. The summed E-state index contributed by atoms with van der Waals surface area (Å²) in [4.78, 5) is 17.2. The lowest BCUT2D eigenvalue weighted by molar-refractivity contribution is 0.0103. The number of hydrogen-bond acceptors (Lipinski definition) is 7. The van der Waals surface area contributed by atoms with Gasteiger partial charge in [-0.25, -0.2) is 0 Å². The van der Waals surface area contributed by atoms with E-state index in [0.29, 0.717) is 12.1 Å². The SMILES string of the molecule is CN1CCCC1CCNc1nc(NC2CCCCCC2)nc(NC23CC4CC(CC(C4)C2)C3)n1. The van der Waals surface area contributed by atoms with E-state index in [1.807, 2.05) is 0 Å². The van der Waals surface area contributed by atoms with Crippen LogP contribution in [0.4, 0.5) is 17.8 Å². The van der Waals surface area contributed by atoms with Crippen molar-refractivity contribution in [3.05, 3.63) is 0 Å². The maximum atomic E-state index is 4.94. The first kappa shape index (κ1) is 22.8. The van der Waals surface area contributed by atoms with Crippen LogP contribution in [0.15, 0.2) is 0 Å². The number of likely N-dealkylation sites (tertiary alicyclic amines) is 1. The van der Waals surface area contributed by atoms with E-state index in [1.54, 1.807) is 0 Å². The lowest BCUT2D eigenvalue weighted by Crippen LogP contribution is -2.55. The van der Waals surface area contributed by atoms with Gasteiger partial charge in [0.1, 0.15) is 0 Å². The Hall–Kier alpha value is -1.63. The molecule has 0 spiro atoms. The quantitative estimate of drug-likeness (QED) is 0.449. The second kappa shape index (κ2) is 9.79. The summed E-state index contributed by atoms with van der Waals surface area (Å²) in [5.74, 6) is 5.00. The van der Waals surface area contributed by atoms with Crippen LogP contribution in [0.3, 0.4) is 0 Å². The zero-order valence-corrected chi connectivity index (χ0v) is 21.2. The van der Waals surface area contributed by atoms with Crippen molar-refractivity contribution < 1.29 is 0 Å². The Labute approximate surface area is 205 Å². The highest BCUT2D eigenvalue weighted by atomic mass is 15.3. The normalized spacial score (nSPS) is 35.9. The molecular weight excluding hydrogens is 422 g/mol. The minimum atomic E-state index is 0.208. The molecule has 2 heterocycles. The van der Waals surface area contributed by atoms with Gasteiger partial charge in [0.05, 0.1) is 0 Å². The highest BCUT2D eigenvalue weighted by Crippen LogP contribution is 2.56. The van der Waals surface area contributed by atoms with Gasteiger partial charge in [0.25, 0.3) is 0 Å². The van der Waals surface area contributed by atoms with E-state index in [0.717, 1.165) is 48.6 Å². The summed E-state index contributed by atoms with van der Waals surface area (Å²) in [6.45, 7) is 2.14. The van der Waals surface area contributed by atoms with Gasteiger partial charge in [-0.05, 0) is 102 Å². The van der Waals surface area contributed by atoms with Crippen LogP contribution in [0.5, 0.6) is 0 Å². The van der Waals surface area contributed by atoms with E-state index < -0.39 is 0 Å². The highest BCUT2D eigenvalue weighted by molar-refractivity contribution is 5.44. The smallest absolute Gasteiger partial charge is 0.229 e. The molecule has 7 nitrogen and oxygen atoms in total. The van der Waals surface area contributed by atoms with Gasteiger partial charge in [0.15, 0.2) is 0 Å². The largest absolute Gasteiger partial charge is 0.354 e. The number of rotatable bonds is 8. The van der Waals surface area contributed by atoms with Gasteiger partial charge in [-0.2, -0.15) is 15.0 Å². The molecule has 1 aromatic rings. The number of anilines is 3. The molecule has 1 aromatic heterocycles. The van der Waals surface area contributed by atoms with Crippen molar-refractivity contribution in [3.8, 4) is 0 Å². The van der Waals surface area contributed by atoms with Crippen molar-refractivity contribution in [1.29, 1.82) is 0 Å². The van der Waals surface area contributed by atoms with Gasteiger partial charge in [0, 0.05) is 24.2 Å². The molecule has 34 heavy (non-hydrogen) atoms. The molecule has 0 radical (unpaired) electrons. The van der Waals surface area contributed by atoms with Crippen molar-refractivity contribution >= 4 is 17.8 Å².